The molecule has 4 aromatic rings. The van der Waals surface area contributed by atoms with E-state index in [1.165, 1.54) is 29.0 Å². The van der Waals surface area contributed by atoms with E-state index in [-0.39, 0.29) is 5.69 Å². The average molecular weight is 467 g/mol. The molecular weight excluding hydrogens is 448 g/mol. The minimum atomic E-state index is -0.477. The zero-order chi connectivity index (χ0) is 22.3. The van der Waals surface area contributed by atoms with Crippen molar-refractivity contribution in [3.8, 4) is 0 Å². The summed E-state index contributed by atoms with van der Waals surface area (Å²) in [5, 5.41) is 25.5. The van der Waals surface area contributed by atoms with Crippen molar-refractivity contribution in [3.05, 3.63) is 90.8 Å². The Morgan fingerprint density at radius 3 is 2.44 bits per heavy atom. The molecule has 11 heteroatoms. The number of anilines is 2. The third-order valence-electron chi connectivity index (χ3n) is 4.32. The number of benzene rings is 1. The van der Waals surface area contributed by atoms with Gasteiger partial charge in [-0.2, -0.15) is 9.67 Å². The van der Waals surface area contributed by atoms with E-state index in [1.807, 2.05) is 35.0 Å². The lowest BCUT2D eigenvalue weighted by Gasteiger charge is -2.04. The molecule has 0 amide bonds. The highest BCUT2D eigenvalue weighted by Crippen LogP contribution is 2.17. The molecule has 0 aliphatic carbocycles. The number of aromatic nitrogens is 3. The molecule has 0 radical (unpaired) electrons. The van der Waals surface area contributed by atoms with Crippen LogP contribution in [0.5, 0.6) is 0 Å². The van der Waals surface area contributed by atoms with Gasteiger partial charge in [0.2, 0.25) is 11.9 Å². The number of thiophene rings is 2. The van der Waals surface area contributed by atoms with E-state index in [1.54, 1.807) is 34.8 Å². The molecule has 0 saturated heterocycles. The Bertz CT molecular complexity index is 1230. The Kier molecular flexibility index (Phi) is 6.68. The van der Waals surface area contributed by atoms with Gasteiger partial charge in [-0.1, -0.05) is 24.3 Å². The van der Waals surface area contributed by atoms with Gasteiger partial charge in [-0.3, -0.25) is 14.9 Å². The molecule has 4 rings (SSSR count). The molecule has 0 aliphatic heterocycles. The lowest BCUT2D eigenvalue weighted by atomic mass is 10.2. The molecule has 9 nitrogen and oxygen atoms in total. The molecule has 32 heavy (non-hydrogen) atoms. The van der Waals surface area contributed by atoms with Crippen LogP contribution in [0.2, 0.25) is 0 Å². The van der Waals surface area contributed by atoms with Crippen molar-refractivity contribution < 1.29 is 9.72 Å². The van der Waals surface area contributed by atoms with Crippen LogP contribution >= 0.6 is 22.7 Å². The summed E-state index contributed by atoms with van der Waals surface area (Å²) in [6.45, 7) is 1.05. The van der Waals surface area contributed by atoms with Crippen molar-refractivity contribution in [2.24, 2.45) is 0 Å². The molecule has 3 aromatic heterocycles. The fourth-order valence-electron chi connectivity index (χ4n) is 2.79. The highest BCUT2D eigenvalue weighted by molar-refractivity contribution is 7.10. The topological polar surface area (TPSA) is 115 Å². The first-order chi connectivity index (χ1) is 15.6. The van der Waals surface area contributed by atoms with Crippen LogP contribution in [0.4, 0.5) is 17.6 Å². The Balaban J connectivity index is 1.53. The SMILES string of the molecule is O=C(/C=C/c1cccc([N+](=O)[O-])c1)n1nc(NCc2cccs2)nc1NCc1cccs1. The second-order valence-electron chi connectivity index (χ2n) is 6.56. The molecule has 3 heterocycles. The van der Waals surface area contributed by atoms with E-state index < -0.39 is 10.8 Å². The first-order valence-electron chi connectivity index (χ1n) is 9.55. The van der Waals surface area contributed by atoms with Crippen molar-refractivity contribution in [1.29, 1.82) is 0 Å². The van der Waals surface area contributed by atoms with E-state index in [4.69, 9.17) is 0 Å². The highest BCUT2D eigenvalue weighted by Gasteiger charge is 2.15. The molecule has 0 atom stereocenters. The average Bonchev–Trinajstić information content (AvgIpc) is 3.57. The van der Waals surface area contributed by atoms with Gasteiger partial charge >= 0.3 is 0 Å². The number of nitro benzene ring substituents is 1. The number of rotatable bonds is 9. The molecule has 0 saturated carbocycles. The number of carbonyl (C=O) groups is 1. The molecule has 0 spiro atoms. The molecule has 0 fully saturated rings. The third-order valence-corrected chi connectivity index (χ3v) is 6.07. The van der Waals surface area contributed by atoms with Crippen LogP contribution in [0.15, 0.2) is 65.4 Å². The van der Waals surface area contributed by atoms with Gasteiger partial charge in [-0.05, 0) is 34.5 Å². The van der Waals surface area contributed by atoms with Gasteiger partial charge in [-0.15, -0.1) is 27.8 Å². The predicted octanol–water partition coefficient (Wildman–Crippen LogP) is 4.89. The fourth-order valence-corrected chi connectivity index (χ4v) is 4.08. The maximum atomic E-state index is 12.8. The number of allylic oxidation sites excluding steroid dienone is 1. The number of non-ortho nitro benzene ring substituents is 1. The molecule has 2 N–H and O–H groups in total. The van der Waals surface area contributed by atoms with Crippen molar-refractivity contribution in [1.82, 2.24) is 14.8 Å². The Morgan fingerprint density at radius 2 is 1.78 bits per heavy atom. The molecule has 0 bridgehead atoms. The number of nitrogens with one attached hydrogen (secondary N) is 2. The standard InChI is InChI=1S/C21H18N6O3S2/c28-19(9-8-15-4-1-5-16(12-15)27(29)30)26-21(23-14-18-7-3-11-32-18)24-20(25-26)22-13-17-6-2-10-31-17/h1-12H,13-14H2,(H2,22,23,24,25)/b9-8+. The summed E-state index contributed by atoms with van der Waals surface area (Å²) < 4.78 is 1.18. The number of nitrogens with zero attached hydrogens (tertiary/aromatic N) is 4. The number of carbonyl (C=O) groups excluding carboxylic acids is 1. The molecular formula is C21H18N6O3S2. The zero-order valence-electron chi connectivity index (χ0n) is 16.7. The van der Waals surface area contributed by atoms with Crippen LogP contribution in [-0.2, 0) is 13.1 Å². The molecule has 0 unspecified atom stereocenters. The second kappa shape index (κ2) is 9.98. The summed E-state index contributed by atoms with van der Waals surface area (Å²) in [6.07, 6.45) is 2.83. The molecule has 0 aliphatic rings. The van der Waals surface area contributed by atoms with Gasteiger partial charge < -0.3 is 10.6 Å². The van der Waals surface area contributed by atoms with Crippen LogP contribution in [0, 0.1) is 10.1 Å². The largest absolute Gasteiger partial charge is 0.349 e. The monoisotopic (exact) mass is 466 g/mol. The summed E-state index contributed by atoms with van der Waals surface area (Å²) in [6, 6.07) is 13.9. The lowest BCUT2D eigenvalue weighted by molar-refractivity contribution is -0.384. The fraction of sp³-hybridized carbons (Fsp3) is 0.0952. The first kappa shape index (κ1) is 21.4. The van der Waals surface area contributed by atoms with Crippen molar-refractivity contribution in [2.75, 3.05) is 10.6 Å². The van der Waals surface area contributed by atoms with Gasteiger partial charge in [0.15, 0.2) is 0 Å². The summed E-state index contributed by atoms with van der Waals surface area (Å²) in [5.41, 5.74) is 0.496. The van der Waals surface area contributed by atoms with Gasteiger partial charge in [0.25, 0.3) is 11.6 Å². The Labute approximate surface area is 191 Å². The number of hydrogen-bond acceptors (Lipinski definition) is 9. The van der Waals surface area contributed by atoms with Crippen LogP contribution < -0.4 is 10.6 Å². The highest BCUT2D eigenvalue weighted by atomic mass is 32.1. The third kappa shape index (κ3) is 5.45. The number of hydrogen-bond donors (Lipinski definition) is 2. The van der Waals surface area contributed by atoms with Crippen LogP contribution in [0.3, 0.4) is 0 Å². The number of nitro groups is 1. The smallest absolute Gasteiger partial charge is 0.274 e. The van der Waals surface area contributed by atoms with Crippen molar-refractivity contribution >= 4 is 52.2 Å². The van der Waals surface area contributed by atoms with Gasteiger partial charge in [0.1, 0.15) is 0 Å². The Hall–Kier alpha value is -3.83. The summed E-state index contributed by atoms with van der Waals surface area (Å²) in [5.74, 6) is 0.201. The molecule has 162 valence electrons. The Morgan fingerprint density at radius 1 is 1.06 bits per heavy atom. The van der Waals surface area contributed by atoms with Gasteiger partial charge in [-0.25, -0.2) is 0 Å². The van der Waals surface area contributed by atoms with E-state index in [0.29, 0.717) is 30.5 Å². The van der Waals surface area contributed by atoms with E-state index in [9.17, 15) is 14.9 Å². The minimum absolute atomic E-state index is 0.0429. The van der Waals surface area contributed by atoms with E-state index >= 15 is 0 Å². The minimum Gasteiger partial charge on any atom is -0.349 e. The van der Waals surface area contributed by atoms with Gasteiger partial charge in [0.05, 0.1) is 18.0 Å². The quantitative estimate of drug-likeness (QED) is 0.205. The lowest BCUT2D eigenvalue weighted by Crippen LogP contribution is -2.14. The van der Waals surface area contributed by atoms with E-state index in [0.717, 1.165) is 9.75 Å². The van der Waals surface area contributed by atoms with Crippen LogP contribution in [0.25, 0.3) is 6.08 Å². The summed E-state index contributed by atoms with van der Waals surface area (Å²) in [4.78, 5) is 29.9. The summed E-state index contributed by atoms with van der Waals surface area (Å²) in [7, 11) is 0. The van der Waals surface area contributed by atoms with Crippen molar-refractivity contribution in [3.63, 3.8) is 0 Å². The molecule has 1 aromatic carbocycles. The van der Waals surface area contributed by atoms with Gasteiger partial charge in [0, 0.05) is 28.0 Å². The predicted molar refractivity (Wildman–Crippen MR) is 126 cm³/mol. The summed E-state index contributed by atoms with van der Waals surface area (Å²) >= 11 is 3.21. The first-order valence-corrected chi connectivity index (χ1v) is 11.3. The van der Waals surface area contributed by atoms with Crippen LogP contribution in [0.1, 0.15) is 20.1 Å². The zero-order valence-corrected chi connectivity index (χ0v) is 18.3. The van der Waals surface area contributed by atoms with Crippen LogP contribution in [-0.4, -0.2) is 25.6 Å². The maximum Gasteiger partial charge on any atom is 0.274 e. The maximum absolute atomic E-state index is 12.8. The normalized spacial score (nSPS) is 11.0. The van der Waals surface area contributed by atoms with E-state index in [2.05, 4.69) is 20.7 Å². The second-order valence-corrected chi connectivity index (χ2v) is 8.62. The van der Waals surface area contributed by atoms with Crippen molar-refractivity contribution in [2.45, 2.75) is 13.1 Å².